The van der Waals surface area contributed by atoms with Crippen molar-refractivity contribution in [2.24, 2.45) is 0 Å². The Morgan fingerprint density at radius 3 is 1.28 bits per heavy atom. The van der Waals surface area contributed by atoms with Crippen LogP contribution in [-0.4, -0.2) is 178 Å². The van der Waals surface area contributed by atoms with Crippen LogP contribution in [0.25, 0.3) is 0 Å². The van der Waals surface area contributed by atoms with Crippen molar-refractivity contribution in [3.8, 4) is 34.5 Å². The van der Waals surface area contributed by atoms with Gasteiger partial charge >= 0.3 is 31.5 Å². The number of aromatic hydroxyl groups is 1. The van der Waals surface area contributed by atoms with Crippen molar-refractivity contribution < 1.29 is 97.1 Å². The summed E-state index contributed by atoms with van der Waals surface area (Å²) in [7, 11) is -7.83. The van der Waals surface area contributed by atoms with E-state index in [1.54, 1.807) is 24.3 Å². The Kier molecular flexibility index (Phi) is 43.0. The van der Waals surface area contributed by atoms with E-state index < -0.39 is 65.2 Å². The highest BCUT2D eigenvalue weighted by atomic mass is 35.5. The first-order chi connectivity index (χ1) is 52.4. The number of ether oxygens (including phenoxy) is 8. The molecule has 4 heterocycles. The number of nitrogen functional groups attached to an aromatic ring is 1. The van der Waals surface area contributed by atoms with Gasteiger partial charge in [-0.05, 0) is 155 Å². The first-order valence-corrected chi connectivity index (χ1v) is 37.5. The van der Waals surface area contributed by atoms with Gasteiger partial charge in [0.1, 0.15) is 91.9 Å². The Morgan fingerprint density at radius 2 is 0.900 bits per heavy atom. The van der Waals surface area contributed by atoms with Gasteiger partial charge in [-0.2, -0.15) is 39.6 Å². The molecule has 110 heavy (non-hydrogen) atoms. The standard InChI is InChI=1S/C20H24F2N2O2.C19H23Cl2NO2.C10H12O2.C9H9NO4.C9H11NO2.C6H5NO3.3HNO2S/c1-15-2-5-18(6-3-15)26-14-17(25)13-23-8-10-24(11-9-23)16-4-7-19(21)20(22)12-16;1-14-5-8-17(9-6-14)24-13-16(23)4-2-3-11-22-15-7-10-18(20)19(21)12-15;1-8-2-4-9(5-3-8)11-6-10-7-12-10;11-10(12)7-1-3-8(4-2-7)13-5-9-6-14-9;10-7-1-3-8(4-2-7)11-5-9-6-12-9;8-6-3-1-5(2-4-6)7(9)10;3*1-4(2)3/h2-7,12,17,25H,8-11,13-14H2,1H3;5-10,12,16,22-23H,2-4,11,13H2,1H3;2-5,10H,6-7H2,1H3;1-4,9H,5-6H2;1-4,9H,5-6,10H2;1-4,8H;3*1H. The molecule has 37 heteroatoms. The number of unbranched alkanes of at least 4 members (excludes halogenated alkanes) is 1. The molecule has 0 radical (unpaired) electrons. The number of nitrogens with two attached hydrogens (primary N) is 1. The summed E-state index contributed by atoms with van der Waals surface area (Å²) in [5.41, 5.74) is 11.6. The van der Waals surface area contributed by atoms with Crippen LogP contribution in [0.1, 0.15) is 36.0 Å². The maximum Gasteiger partial charge on any atom is 0.308 e. The molecule has 0 saturated carbocycles. The molecule has 4 aliphatic rings. The quantitative estimate of drug-likeness (QED) is 0.00820. The zero-order valence-corrected chi connectivity index (χ0v) is 64.0. The summed E-state index contributed by atoms with van der Waals surface area (Å²) in [5.74, 6) is 2.32. The number of non-ortho nitro benzene ring substituents is 2. The molecule has 596 valence electrons. The first kappa shape index (κ1) is 92.2. The highest BCUT2D eigenvalue weighted by Crippen LogP contribution is 2.27. The normalized spacial score (nSPS) is 14.9. The maximum absolute atomic E-state index is 13.4. The summed E-state index contributed by atoms with van der Waals surface area (Å²) >= 11 is 11.9. The Bertz CT molecular complexity index is 4260. The van der Waals surface area contributed by atoms with E-state index in [1.165, 1.54) is 53.6 Å². The van der Waals surface area contributed by atoms with Gasteiger partial charge in [-0.1, -0.05) is 76.3 Å². The molecule has 9 N–H and O–H groups in total. The molecule has 0 spiro atoms. The van der Waals surface area contributed by atoms with Crippen molar-refractivity contribution in [3.05, 3.63) is 241 Å². The van der Waals surface area contributed by atoms with Crippen LogP contribution in [0.3, 0.4) is 0 Å². The van der Waals surface area contributed by atoms with Crippen LogP contribution in [0.5, 0.6) is 34.5 Å². The average Bonchev–Trinajstić information content (AvgIpc) is 1.15. The number of piperazine rings is 1. The molecule has 30 nitrogen and oxygen atoms in total. The average molecular weight is 1630 g/mol. The lowest BCUT2D eigenvalue weighted by atomic mass is 10.1. The summed E-state index contributed by atoms with van der Waals surface area (Å²) < 4.78 is 137. The number of nitrogens with one attached hydrogen (secondary N) is 4. The number of benzene rings is 8. The number of β-amino-alcohol motifs (C(OH)–C–C–N with tert-alkyl or cyclic N) is 1. The predicted octanol–water partition coefficient (Wildman–Crippen LogP) is 12.5. The molecule has 0 aromatic heterocycles. The van der Waals surface area contributed by atoms with E-state index in [0.29, 0.717) is 79.8 Å². The number of aliphatic hydroxyl groups excluding tert-OH is 2. The van der Waals surface area contributed by atoms with E-state index >= 15 is 0 Å². The van der Waals surface area contributed by atoms with Gasteiger partial charge in [0.05, 0.1) is 45.8 Å². The van der Waals surface area contributed by atoms with Gasteiger partial charge in [-0.3, -0.25) is 25.1 Å². The Hall–Kier alpha value is -10.2. The van der Waals surface area contributed by atoms with E-state index in [2.05, 4.69) is 17.1 Å². The minimum atomic E-state index is -2.61. The predicted molar refractivity (Wildman–Crippen MR) is 410 cm³/mol. The number of nitrogens with zero attached hydrogens (tertiary/aromatic N) is 4. The van der Waals surface area contributed by atoms with Crippen molar-refractivity contribution in [1.82, 2.24) is 4.90 Å². The lowest BCUT2D eigenvalue weighted by Crippen LogP contribution is -2.49. The maximum atomic E-state index is 13.4. The SMILES string of the molecule is Cc1ccc(OCC(O)CCCCNc2ccc(Cl)c(Cl)c2)cc1.Cc1ccc(OCC(O)CN2CCN(c3ccc(F)c(F)c3)CC2)cc1.Cc1ccc(OCC2CO2)cc1.N=S(=O)=O.N=S(=O)=O.N=S(=O)=O.Nc1ccc(OCC2CO2)cc1.O=[N+]([O-])c1ccc(O)cc1.O=[N+]([O-])c1ccc(OCC2CO2)cc1. The van der Waals surface area contributed by atoms with Crippen LogP contribution >= 0.6 is 23.2 Å². The van der Waals surface area contributed by atoms with Gasteiger partial charge in [0.25, 0.3) is 11.4 Å². The van der Waals surface area contributed by atoms with Gasteiger partial charge in [0.2, 0.25) is 0 Å². The number of hydrogen-bond donors (Lipinski definition) is 8. The van der Waals surface area contributed by atoms with Gasteiger partial charge in [-0.15, -0.1) is 0 Å². The molecule has 4 fully saturated rings. The number of halogens is 4. The number of aryl methyl sites for hydroxylation is 3. The van der Waals surface area contributed by atoms with Gasteiger partial charge in [0.15, 0.2) is 11.6 Å². The molecule has 0 bridgehead atoms. The van der Waals surface area contributed by atoms with Gasteiger partial charge in [-0.25, -0.2) is 8.78 Å². The third-order valence-corrected chi connectivity index (χ3v) is 15.5. The van der Waals surface area contributed by atoms with E-state index in [9.17, 15) is 39.2 Å². The second-order valence-electron chi connectivity index (χ2n) is 23.9. The molecule has 8 aromatic carbocycles. The van der Waals surface area contributed by atoms with Crippen LogP contribution in [0.15, 0.2) is 182 Å². The minimum Gasteiger partial charge on any atom is -0.508 e. The van der Waals surface area contributed by atoms with Crippen molar-refractivity contribution in [3.63, 3.8) is 0 Å². The van der Waals surface area contributed by atoms with Crippen LogP contribution in [0.2, 0.25) is 10.0 Å². The fourth-order valence-corrected chi connectivity index (χ4v) is 9.10. The fourth-order valence-electron chi connectivity index (χ4n) is 8.80. The molecule has 4 saturated heterocycles. The summed E-state index contributed by atoms with van der Waals surface area (Å²) in [5, 5.41) is 53.6. The second kappa shape index (κ2) is 51.3. The summed E-state index contributed by atoms with van der Waals surface area (Å²) in [6.45, 7) is 15.2. The van der Waals surface area contributed by atoms with E-state index in [1.807, 2.05) is 128 Å². The van der Waals surface area contributed by atoms with Crippen LogP contribution in [0.4, 0.5) is 37.2 Å². The van der Waals surface area contributed by atoms with E-state index in [-0.39, 0.29) is 29.8 Å². The van der Waals surface area contributed by atoms with Crippen molar-refractivity contribution in [2.45, 2.75) is 70.6 Å². The summed E-state index contributed by atoms with van der Waals surface area (Å²) in [6, 6.07) is 51.5. The first-order valence-electron chi connectivity index (χ1n) is 33.5. The molecule has 5 atom stereocenters. The highest BCUT2D eigenvalue weighted by Gasteiger charge is 2.25. The summed E-state index contributed by atoms with van der Waals surface area (Å²) in [4.78, 5) is 23.6. The van der Waals surface area contributed by atoms with Crippen LogP contribution < -0.4 is 39.6 Å². The van der Waals surface area contributed by atoms with E-state index in [0.717, 1.165) is 105 Å². The number of hydrogen-bond acceptors (Lipinski definition) is 28. The Morgan fingerprint density at radius 1 is 0.527 bits per heavy atom. The largest absolute Gasteiger partial charge is 0.508 e. The van der Waals surface area contributed by atoms with Crippen LogP contribution in [0, 0.1) is 67.0 Å². The number of aliphatic hydroxyl groups is 2. The highest BCUT2D eigenvalue weighted by molar-refractivity contribution is 7.60. The number of rotatable bonds is 26. The number of phenols is 1. The lowest BCUT2D eigenvalue weighted by molar-refractivity contribution is -0.385. The number of epoxide rings is 3. The zero-order valence-electron chi connectivity index (χ0n) is 60.0. The number of nitro benzene ring substituents is 2. The molecule has 5 unspecified atom stereocenters. The van der Waals surface area contributed by atoms with Gasteiger partial charge in [0, 0.05) is 86.7 Å². The number of anilines is 3. The van der Waals surface area contributed by atoms with Crippen molar-refractivity contribution >= 4 is 83.1 Å². The molecule has 0 amide bonds. The zero-order chi connectivity index (χ0) is 80.9. The summed E-state index contributed by atoms with van der Waals surface area (Å²) in [6.07, 6.45) is 2.42. The van der Waals surface area contributed by atoms with Crippen LogP contribution in [-0.2, 0) is 45.7 Å². The lowest BCUT2D eigenvalue weighted by Gasteiger charge is -2.36. The molecular formula is C73H87Cl2F2N9O21S3. The fraction of sp³-hybridized carbons (Fsp3) is 0.342. The van der Waals surface area contributed by atoms with Gasteiger partial charge < -0.3 is 69.2 Å². The monoisotopic (exact) mass is 1630 g/mol. The van der Waals surface area contributed by atoms with Crippen molar-refractivity contribution in [2.75, 3.05) is 108 Å². The molecular weight excluding hydrogens is 1540 g/mol. The van der Waals surface area contributed by atoms with Crippen molar-refractivity contribution in [1.29, 1.82) is 14.3 Å². The number of phenolic OH excluding ortho intramolecular Hbond substituents is 1. The number of nitro groups is 2. The minimum absolute atomic E-state index is 0.0159. The third kappa shape index (κ3) is 44.3. The molecule has 12 rings (SSSR count). The molecule has 8 aromatic rings. The van der Waals surface area contributed by atoms with E-state index in [4.69, 9.17) is 112 Å². The smallest absolute Gasteiger partial charge is 0.308 e. The molecule has 0 aliphatic carbocycles. The Balaban J connectivity index is 0.000000278. The third-order valence-electron chi connectivity index (χ3n) is 14.8. The molecule has 4 aliphatic heterocycles. The topological polar surface area (TPSA) is 449 Å². The Labute approximate surface area is 649 Å². The second-order valence-corrected chi connectivity index (χ2v) is 26.1.